The number of rotatable bonds is 6. The van der Waals surface area contributed by atoms with E-state index < -0.39 is 4.92 Å². The molecule has 1 fully saturated rings. The van der Waals surface area contributed by atoms with E-state index >= 15 is 0 Å². The fraction of sp³-hybridized carbons (Fsp3) is 0.333. The molecule has 9 heteroatoms. The van der Waals surface area contributed by atoms with Crippen LogP contribution in [0.25, 0.3) is 10.6 Å². The number of nitro groups is 1. The maximum Gasteiger partial charge on any atom is 0.271 e. The third-order valence-corrected chi connectivity index (χ3v) is 4.71. The number of nitrogens with zero attached hydrogens (tertiary/aromatic N) is 2. The zero-order valence-electron chi connectivity index (χ0n) is 12.7. The highest BCUT2D eigenvalue weighted by atomic mass is 35.5. The van der Waals surface area contributed by atoms with E-state index in [1.165, 1.54) is 23.5 Å². The van der Waals surface area contributed by atoms with Gasteiger partial charge in [0.1, 0.15) is 10.7 Å². The van der Waals surface area contributed by atoms with Gasteiger partial charge in [0.15, 0.2) is 0 Å². The molecule has 3 rings (SSSR count). The molecule has 1 aliphatic carbocycles. The van der Waals surface area contributed by atoms with Crippen LogP contribution in [0.15, 0.2) is 29.6 Å². The second-order valence-electron chi connectivity index (χ2n) is 5.49. The largest absolute Gasteiger partial charge is 0.346 e. The highest BCUT2D eigenvalue weighted by Gasteiger charge is 2.31. The average molecular weight is 369 g/mol. The van der Waals surface area contributed by atoms with Gasteiger partial charge in [0.05, 0.1) is 4.92 Å². The Kier molecular flexibility index (Phi) is 5.87. The van der Waals surface area contributed by atoms with E-state index in [-0.39, 0.29) is 30.0 Å². The minimum atomic E-state index is -0.449. The van der Waals surface area contributed by atoms with E-state index in [4.69, 9.17) is 5.73 Å². The SMILES string of the molecule is Cl.NCC(NC(=O)c1csc(-c2ccc([N+](=O)[O-])cc2)n1)C1CC1. The standard InChI is InChI=1S/C15H16N4O3S.ClH/c16-7-12(9-1-2-9)17-14(20)13-8-23-15(18-13)10-3-5-11(6-4-10)19(21)22;/h3-6,8-9,12H,1-2,7,16H2,(H,17,20);1H. The Labute approximate surface area is 148 Å². The molecule has 0 spiro atoms. The highest BCUT2D eigenvalue weighted by molar-refractivity contribution is 7.13. The van der Waals surface area contributed by atoms with Gasteiger partial charge in [-0.1, -0.05) is 0 Å². The zero-order valence-corrected chi connectivity index (χ0v) is 14.3. The Bertz CT molecular complexity index is 731. The van der Waals surface area contributed by atoms with Crippen molar-refractivity contribution in [3.8, 4) is 10.6 Å². The van der Waals surface area contributed by atoms with E-state index in [9.17, 15) is 14.9 Å². The van der Waals surface area contributed by atoms with Crippen molar-refractivity contribution >= 4 is 35.3 Å². The van der Waals surface area contributed by atoms with Gasteiger partial charge in [0.25, 0.3) is 11.6 Å². The number of non-ortho nitro benzene ring substituents is 1. The van der Waals surface area contributed by atoms with Crippen molar-refractivity contribution in [1.82, 2.24) is 10.3 Å². The molecule has 24 heavy (non-hydrogen) atoms. The first-order valence-corrected chi connectivity index (χ1v) is 8.17. The molecule has 1 atom stereocenters. The van der Waals surface area contributed by atoms with Crippen LogP contribution in [0.3, 0.4) is 0 Å². The molecular weight excluding hydrogens is 352 g/mol. The second kappa shape index (κ2) is 7.69. The van der Waals surface area contributed by atoms with Gasteiger partial charge in [-0.3, -0.25) is 14.9 Å². The van der Waals surface area contributed by atoms with Crippen molar-refractivity contribution in [3.05, 3.63) is 45.5 Å². The number of aromatic nitrogens is 1. The minimum absolute atomic E-state index is 0. The smallest absolute Gasteiger partial charge is 0.271 e. The van der Waals surface area contributed by atoms with Crippen LogP contribution in [0.2, 0.25) is 0 Å². The van der Waals surface area contributed by atoms with Gasteiger partial charge in [0, 0.05) is 35.7 Å². The van der Waals surface area contributed by atoms with Crippen molar-refractivity contribution in [2.75, 3.05) is 6.54 Å². The summed E-state index contributed by atoms with van der Waals surface area (Å²) in [6, 6.07) is 6.12. The van der Waals surface area contributed by atoms with Crippen molar-refractivity contribution in [1.29, 1.82) is 0 Å². The Morgan fingerprint density at radius 3 is 2.62 bits per heavy atom. The van der Waals surface area contributed by atoms with E-state index in [0.717, 1.165) is 18.4 Å². The van der Waals surface area contributed by atoms with Crippen molar-refractivity contribution in [2.24, 2.45) is 11.7 Å². The monoisotopic (exact) mass is 368 g/mol. The van der Waals surface area contributed by atoms with Crippen LogP contribution in [0, 0.1) is 16.0 Å². The molecule has 1 saturated carbocycles. The Hall–Kier alpha value is -2.03. The fourth-order valence-corrected chi connectivity index (χ4v) is 3.15. The van der Waals surface area contributed by atoms with Crippen LogP contribution in [0.4, 0.5) is 5.69 Å². The van der Waals surface area contributed by atoms with Crippen LogP contribution in [-0.2, 0) is 0 Å². The van der Waals surface area contributed by atoms with Crippen LogP contribution in [0.5, 0.6) is 0 Å². The molecule has 1 aliphatic rings. The molecule has 0 saturated heterocycles. The second-order valence-corrected chi connectivity index (χ2v) is 6.35. The number of nitro benzene ring substituents is 1. The molecule has 1 amide bonds. The lowest BCUT2D eigenvalue weighted by molar-refractivity contribution is -0.384. The quantitative estimate of drug-likeness (QED) is 0.601. The molecule has 0 aliphatic heterocycles. The summed E-state index contributed by atoms with van der Waals surface area (Å²) in [4.78, 5) is 26.8. The summed E-state index contributed by atoms with van der Waals surface area (Å²) < 4.78 is 0. The Morgan fingerprint density at radius 1 is 1.42 bits per heavy atom. The fourth-order valence-electron chi connectivity index (χ4n) is 2.35. The van der Waals surface area contributed by atoms with Gasteiger partial charge in [-0.05, 0) is 30.9 Å². The third kappa shape index (κ3) is 4.08. The number of hydrogen-bond acceptors (Lipinski definition) is 6. The van der Waals surface area contributed by atoms with E-state index in [1.807, 2.05) is 0 Å². The number of carbonyl (C=O) groups excluding carboxylic acids is 1. The van der Waals surface area contributed by atoms with Crippen molar-refractivity contribution < 1.29 is 9.72 Å². The lowest BCUT2D eigenvalue weighted by atomic mass is 10.2. The molecule has 0 bridgehead atoms. The third-order valence-electron chi connectivity index (χ3n) is 3.82. The van der Waals surface area contributed by atoms with Crippen LogP contribution < -0.4 is 11.1 Å². The van der Waals surface area contributed by atoms with E-state index in [1.54, 1.807) is 17.5 Å². The summed E-state index contributed by atoms with van der Waals surface area (Å²) in [5.74, 6) is 0.258. The van der Waals surface area contributed by atoms with E-state index in [2.05, 4.69) is 10.3 Å². The maximum atomic E-state index is 12.2. The van der Waals surface area contributed by atoms with Gasteiger partial charge < -0.3 is 11.1 Å². The number of hydrogen-bond donors (Lipinski definition) is 2. The first-order valence-electron chi connectivity index (χ1n) is 7.29. The number of nitrogens with one attached hydrogen (secondary N) is 1. The lowest BCUT2D eigenvalue weighted by Gasteiger charge is -2.14. The predicted octanol–water partition coefficient (Wildman–Crippen LogP) is 2.61. The first-order chi connectivity index (χ1) is 11.1. The molecule has 2 aromatic rings. The molecule has 0 radical (unpaired) electrons. The molecule has 1 heterocycles. The topological polar surface area (TPSA) is 111 Å². The number of thiazole rings is 1. The maximum absolute atomic E-state index is 12.2. The molecule has 128 valence electrons. The van der Waals surface area contributed by atoms with Gasteiger partial charge >= 0.3 is 0 Å². The first kappa shape index (κ1) is 18.3. The number of halogens is 1. The zero-order chi connectivity index (χ0) is 16.4. The van der Waals surface area contributed by atoms with Gasteiger partial charge in [-0.25, -0.2) is 4.98 Å². The Morgan fingerprint density at radius 2 is 2.08 bits per heavy atom. The van der Waals surface area contributed by atoms with Crippen LogP contribution in [0.1, 0.15) is 23.3 Å². The predicted molar refractivity (Wildman–Crippen MR) is 94.5 cm³/mol. The Balaban J connectivity index is 0.00000208. The summed E-state index contributed by atoms with van der Waals surface area (Å²) in [5, 5.41) is 15.9. The number of amides is 1. The average Bonchev–Trinajstić information content (AvgIpc) is 3.28. The normalized spacial score (nSPS) is 14.5. The van der Waals surface area contributed by atoms with Crippen molar-refractivity contribution in [2.45, 2.75) is 18.9 Å². The lowest BCUT2D eigenvalue weighted by Crippen LogP contribution is -2.41. The molecule has 1 aromatic heterocycles. The number of benzene rings is 1. The highest BCUT2D eigenvalue weighted by Crippen LogP contribution is 2.32. The molecule has 3 N–H and O–H groups in total. The number of carbonyl (C=O) groups is 1. The van der Waals surface area contributed by atoms with Gasteiger partial charge in [0.2, 0.25) is 0 Å². The molecule has 1 unspecified atom stereocenters. The summed E-state index contributed by atoms with van der Waals surface area (Å²) in [6.45, 7) is 0.426. The molecular formula is C15H17ClN4O3S. The summed E-state index contributed by atoms with van der Waals surface area (Å²) >= 11 is 1.33. The van der Waals surface area contributed by atoms with Crippen LogP contribution in [-0.4, -0.2) is 28.4 Å². The summed E-state index contributed by atoms with van der Waals surface area (Å²) in [7, 11) is 0. The van der Waals surface area contributed by atoms with Crippen LogP contribution >= 0.6 is 23.7 Å². The van der Waals surface area contributed by atoms with Gasteiger partial charge in [-0.15, -0.1) is 23.7 Å². The molecule has 7 nitrogen and oxygen atoms in total. The van der Waals surface area contributed by atoms with Gasteiger partial charge in [-0.2, -0.15) is 0 Å². The van der Waals surface area contributed by atoms with E-state index in [0.29, 0.717) is 23.2 Å². The minimum Gasteiger partial charge on any atom is -0.346 e. The summed E-state index contributed by atoms with van der Waals surface area (Å²) in [5.41, 5.74) is 6.81. The molecule has 1 aromatic carbocycles. The van der Waals surface area contributed by atoms with Crippen molar-refractivity contribution in [3.63, 3.8) is 0 Å². The number of nitrogens with two attached hydrogens (primary N) is 1. The summed E-state index contributed by atoms with van der Waals surface area (Å²) in [6.07, 6.45) is 2.21.